The predicted octanol–water partition coefficient (Wildman–Crippen LogP) is 4.48. The smallest absolute Gasteiger partial charge is 0.167 e. The first-order valence-electron chi connectivity index (χ1n) is 5.35. The highest BCUT2D eigenvalue weighted by Crippen LogP contribution is 2.17. The van der Waals surface area contributed by atoms with Crippen molar-refractivity contribution < 1.29 is 4.39 Å². The molecule has 0 aliphatic heterocycles. The minimum Gasteiger partial charge on any atom is -0.259 e. The van der Waals surface area contributed by atoms with E-state index < -0.39 is 5.82 Å². The summed E-state index contributed by atoms with van der Waals surface area (Å²) in [5.74, 6) is 2.42. The van der Waals surface area contributed by atoms with Crippen molar-refractivity contribution in [2.45, 2.75) is 13.8 Å². The van der Waals surface area contributed by atoms with Gasteiger partial charge in [0, 0.05) is 33.5 Å². The summed E-state index contributed by atoms with van der Waals surface area (Å²) in [5.41, 5.74) is 1.10. The molecule has 0 bridgehead atoms. The van der Waals surface area contributed by atoms with Crippen molar-refractivity contribution in [3.63, 3.8) is 0 Å². The van der Waals surface area contributed by atoms with Gasteiger partial charge in [0.2, 0.25) is 0 Å². The predicted molar refractivity (Wildman–Crippen MR) is 86.2 cm³/mol. The molecular weight excluding hydrogens is 400 g/mol. The Balaban J connectivity index is 0.000000861. The highest BCUT2D eigenvalue weighted by Gasteiger charge is 2.06. The molecule has 0 saturated carbocycles. The Kier molecular flexibility index (Phi) is 7.20. The summed E-state index contributed by atoms with van der Waals surface area (Å²) in [6, 6.07) is 1.32. The van der Waals surface area contributed by atoms with Crippen LogP contribution < -0.4 is 0 Å². The van der Waals surface area contributed by atoms with Gasteiger partial charge in [-0.3, -0.25) is 4.98 Å². The number of halogens is 3. The summed E-state index contributed by atoms with van der Waals surface area (Å²) in [6.45, 7) is 4.00. The van der Waals surface area contributed by atoms with Gasteiger partial charge in [-0.2, -0.15) is 5.10 Å². The summed E-state index contributed by atoms with van der Waals surface area (Å²) in [5, 5.41) is 7.13. The van der Waals surface area contributed by atoms with Crippen LogP contribution in [0.2, 0.25) is 5.15 Å². The number of rotatable bonds is 1. The third-order valence-corrected chi connectivity index (χ3v) is 2.97. The van der Waals surface area contributed by atoms with Gasteiger partial charge in [-0.05, 0) is 20.1 Å². The zero-order valence-electron chi connectivity index (χ0n) is 10.2. The quantitative estimate of drug-likeness (QED) is 0.514. The van der Waals surface area contributed by atoms with E-state index in [0.29, 0.717) is 11.3 Å². The second-order valence-electron chi connectivity index (χ2n) is 2.94. The van der Waals surface area contributed by atoms with Crippen molar-refractivity contribution in [1.82, 2.24) is 14.8 Å². The Morgan fingerprint density at radius 2 is 2.16 bits per heavy atom. The van der Waals surface area contributed by atoms with Crippen LogP contribution in [0.3, 0.4) is 0 Å². The van der Waals surface area contributed by atoms with Crippen LogP contribution in [0.5, 0.6) is 0 Å². The first kappa shape index (κ1) is 16.3. The lowest BCUT2D eigenvalue weighted by Crippen LogP contribution is -1.95. The molecule has 0 saturated heterocycles. The second-order valence-corrected chi connectivity index (χ2v) is 4.98. The number of hydrogen-bond donors (Lipinski definition) is 0. The van der Waals surface area contributed by atoms with Gasteiger partial charge in [0.25, 0.3) is 0 Å². The molecule has 0 spiro atoms. The molecule has 0 unspecified atom stereocenters. The lowest BCUT2D eigenvalue weighted by Gasteiger charge is -1.98. The topological polar surface area (TPSA) is 30.7 Å². The van der Waals surface area contributed by atoms with E-state index >= 15 is 0 Å². The number of pyridine rings is 1. The molecular formula is C12H10ClFIN3S. The molecule has 2 heterocycles. The molecule has 0 N–H and O–H groups in total. The largest absolute Gasteiger partial charge is 0.259 e. The van der Waals surface area contributed by atoms with Gasteiger partial charge >= 0.3 is 0 Å². The van der Waals surface area contributed by atoms with E-state index in [1.165, 1.54) is 25.9 Å². The molecule has 0 atom stereocenters. The number of aromatic nitrogens is 3. The van der Waals surface area contributed by atoms with Crippen LogP contribution >= 0.6 is 41.7 Å². The summed E-state index contributed by atoms with van der Waals surface area (Å²) < 4.78 is 14.4. The molecule has 100 valence electrons. The van der Waals surface area contributed by atoms with E-state index in [9.17, 15) is 4.39 Å². The van der Waals surface area contributed by atoms with Crippen molar-refractivity contribution in [3.8, 4) is 16.9 Å². The molecule has 0 amide bonds. The average Bonchev–Trinajstić information content (AvgIpc) is 2.80. The molecule has 0 aromatic carbocycles. The van der Waals surface area contributed by atoms with Crippen LogP contribution in [-0.2, 0) is 0 Å². The Morgan fingerprint density at radius 1 is 1.42 bits per heavy atom. The maximum Gasteiger partial charge on any atom is 0.167 e. The molecule has 19 heavy (non-hydrogen) atoms. The summed E-state index contributed by atoms with van der Waals surface area (Å²) in [6.07, 6.45) is 4.26. The molecule has 0 fully saturated rings. The van der Waals surface area contributed by atoms with E-state index in [1.807, 2.05) is 13.8 Å². The molecule has 2 rings (SSSR count). The second kappa shape index (κ2) is 8.40. The molecule has 0 radical (unpaired) electrons. The first-order chi connectivity index (χ1) is 9.20. The van der Waals surface area contributed by atoms with E-state index in [2.05, 4.69) is 42.5 Å². The normalized spacial score (nSPS) is 9.11. The van der Waals surface area contributed by atoms with Gasteiger partial charge in [0.1, 0.15) is 5.82 Å². The van der Waals surface area contributed by atoms with E-state index in [0.717, 1.165) is 6.20 Å². The molecule has 2 aromatic heterocycles. The van der Waals surface area contributed by atoms with Crippen LogP contribution in [0, 0.1) is 17.0 Å². The summed E-state index contributed by atoms with van der Waals surface area (Å²) >= 11 is 7.97. The fourth-order valence-electron chi connectivity index (χ4n) is 1.17. The monoisotopic (exact) mass is 409 g/mol. The van der Waals surface area contributed by atoms with Gasteiger partial charge < -0.3 is 0 Å². The number of nitrogens with zero attached hydrogens (tertiary/aromatic N) is 3. The standard InChI is InChI=1S/C10H4ClFIN3S.C2H6/c11-10-7(1-2-17-13)6-16(15-10)9-3-8(12)4-14-5-9;1-2/h3-6H;1-2H3. The maximum absolute atomic E-state index is 13.0. The SMILES string of the molecule is CC.Fc1cncc(-n2cc(C#CSI)c(Cl)n2)c1. The van der Waals surface area contributed by atoms with Crippen LogP contribution in [0.4, 0.5) is 4.39 Å². The average molecular weight is 410 g/mol. The summed E-state index contributed by atoms with van der Waals surface area (Å²) in [4.78, 5) is 3.74. The molecule has 7 heteroatoms. The zero-order valence-corrected chi connectivity index (χ0v) is 13.9. The van der Waals surface area contributed by atoms with E-state index in [4.69, 9.17) is 11.6 Å². The Morgan fingerprint density at radius 3 is 2.79 bits per heavy atom. The van der Waals surface area contributed by atoms with Gasteiger partial charge in [-0.1, -0.05) is 25.4 Å². The highest BCUT2D eigenvalue weighted by molar-refractivity contribution is 14.2. The fraction of sp³-hybridized carbons (Fsp3) is 0.167. The van der Waals surface area contributed by atoms with Gasteiger partial charge in [0.15, 0.2) is 5.15 Å². The van der Waals surface area contributed by atoms with Crippen LogP contribution in [0.15, 0.2) is 24.7 Å². The minimum atomic E-state index is -0.426. The van der Waals surface area contributed by atoms with Crippen molar-refractivity contribution in [1.29, 1.82) is 0 Å². The molecule has 0 aliphatic carbocycles. The Labute approximate surface area is 132 Å². The van der Waals surface area contributed by atoms with Gasteiger partial charge in [-0.25, -0.2) is 9.07 Å². The summed E-state index contributed by atoms with van der Waals surface area (Å²) in [7, 11) is 1.35. The van der Waals surface area contributed by atoms with E-state index in [-0.39, 0.29) is 5.15 Å². The molecule has 3 nitrogen and oxygen atoms in total. The van der Waals surface area contributed by atoms with Crippen LogP contribution in [0.1, 0.15) is 19.4 Å². The van der Waals surface area contributed by atoms with Crippen molar-refractivity contribution in [3.05, 3.63) is 41.2 Å². The zero-order chi connectivity index (χ0) is 14.3. The Bertz CT molecular complexity index is 607. The lowest BCUT2D eigenvalue weighted by atomic mass is 10.4. The third kappa shape index (κ3) is 4.67. The van der Waals surface area contributed by atoms with Crippen LogP contribution in [-0.4, -0.2) is 14.8 Å². The molecule has 0 aliphatic rings. The van der Waals surface area contributed by atoms with Crippen molar-refractivity contribution >= 4 is 41.7 Å². The fourth-order valence-corrected chi connectivity index (χ4v) is 1.83. The van der Waals surface area contributed by atoms with E-state index in [1.54, 1.807) is 6.20 Å². The maximum atomic E-state index is 13.0. The number of hydrogen-bond acceptors (Lipinski definition) is 3. The first-order valence-corrected chi connectivity index (χ1v) is 9.09. The third-order valence-electron chi connectivity index (χ3n) is 1.85. The van der Waals surface area contributed by atoms with Crippen LogP contribution in [0.25, 0.3) is 5.69 Å². The lowest BCUT2D eigenvalue weighted by molar-refractivity contribution is 0.618. The van der Waals surface area contributed by atoms with Gasteiger partial charge in [-0.15, -0.1) is 0 Å². The van der Waals surface area contributed by atoms with Gasteiger partial charge in [0.05, 0.1) is 23.6 Å². The molecule has 2 aromatic rings. The van der Waals surface area contributed by atoms with Crippen molar-refractivity contribution in [2.75, 3.05) is 0 Å². The van der Waals surface area contributed by atoms with Crippen molar-refractivity contribution in [2.24, 2.45) is 0 Å². The minimum absolute atomic E-state index is 0.284. The highest BCUT2D eigenvalue weighted by atomic mass is 127. The Hall–Kier alpha value is -0.780.